The molecule has 1 heterocycles. The van der Waals surface area contributed by atoms with Gasteiger partial charge in [-0.15, -0.1) is 0 Å². The van der Waals surface area contributed by atoms with Crippen molar-refractivity contribution in [1.29, 1.82) is 0 Å². The van der Waals surface area contributed by atoms with Gasteiger partial charge in [-0.2, -0.15) is 0 Å². The largest absolute Gasteiger partial charge is 0.375 e. The summed E-state index contributed by atoms with van der Waals surface area (Å²) in [6.45, 7) is 0.366. The highest BCUT2D eigenvalue weighted by Gasteiger charge is 2.28. The molecule has 3 rings (SSSR count). The van der Waals surface area contributed by atoms with Crippen LogP contribution >= 0.6 is 11.6 Å². The van der Waals surface area contributed by atoms with Crippen LogP contribution in [0.3, 0.4) is 0 Å². The van der Waals surface area contributed by atoms with E-state index in [1.807, 2.05) is 0 Å². The number of hydrogen-bond acceptors (Lipinski definition) is 4. The summed E-state index contributed by atoms with van der Waals surface area (Å²) >= 11 is 5.91. The van der Waals surface area contributed by atoms with E-state index >= 15 is 0 Å². The molecular weight excluding hydrogens is 383 g/mol. The molecule has 0 unspecified atom stereocenters. The van der Waals surface area contributed by atoms with Gasteiger partial charge in [-0.1, -0.05) is 17.7 Å². The molecule has 0 aromatic heterocycles. The van der Waals surface area contributed by atoms with E-state index in [1.165, 1.54) is 13.2 Å². The molecule has 0 aliphatic carbocycles. The van der Waals surface area contributed by atoms with E-state index < -0.39 is 15.8 Å². The maximum absolute atomic E-state index is 13.4. The molecule has 0 radical (unpaired) electrons. The van der Waals surface area contributed by atoms with Gasteiger partial charge in [-0.05, 0) is 36.8 Å². The molecule has 0 fully saturated rings. The predicted octanol–water partition coefficient (Wildman–Crippen LogP) is 2.82. The Balaban J connectivity index is 1.95. The Morgan fingerprint density at radius 2 is 2.12 bits per heavy atom. The molecule has 1 aliphatic heterocycles. The second-order valence-electron chi connectivity index (χ2n) is 5.71. The number of rotatable bonds is 5. The molecule has 1 amide bonds. The van der Waals surface area contributed by atoms with Crippen molar-refractivity contribution in [3.05, 3.63) is 52.8 Å². The van der Waals surface area contributed by atoms with E-state index in [9.17, 15) is 17.6 Å². The Labute approximate surface area is 155 Å². The van der Waals surface area contributed by atoms with Crippen molar-refractivity contribution in [3.63, 3.8) is 0 Å². The van der Waals surface area contributed by atoms with Crippen LogP contribution in [0.5, 0.6) is 0 Å². The minimum atomic E-state index is -4.09. The lowest BCUT2D eigenvalue weighted by Gasteiger charge is -2.18. The van der Waals surface area contributed by atoms with E-state index in [2.05, 4.69) is 4.72 Å². The first kappa shape index (κ1) is 18.6. The van der Waals surface area contributed by atoms with Crippen LogP contribution in [0.25, 0.3) is 0 Å². The number of fused-ring (bicyclic) bond motifs is 1. The lowest BCUT2D eigenvalue weighted by atomic mass is 10.1. The molecule has 0 atom stereocenters. The molecule has 0 saturated heterocycles. The molecule has 26 heavy (non-hydrogen) atoms. The summed E-state index contributed by atoms with van der Waals surface area (Å²) in [5.74, 6) is -0.913. The quantitative estimate of drug-likeness (QED) is 0.840. The number of anilines is 2. The van der Waals surface area contributed by atoms with Gasteiger partial charge >= 0.3 is 0 Å². The smallest absolute Gasteiger partial charge is 0.263 e. The lowest BCUT2D eigenvalue weighted by molar-refractivity contribution is -0.122. The van der Waals surface area contributed by atoms with Crippen LogP contribution in [0, 0.1) is 5.82 Å². The molecule has 0 bridgehead atoms. The number of methoxy groups -OCH3 is 1. The van der Waals surface area contributed by atoms with Gasteiger partial charge in [0.15, 0.2) is 0 Å². The standard InChI is InChI=1S/C17H16ClFN2O4S/c1-25-10-17(22)21-8-7-12-14(3-2-4-15(12)21)20-26(23,24)16-9-11(19)5-6-13(16)18/h2-6,9,20H,7-8,10H2,1H3. The molecule has 6 nitrogen and oxygen atoms in total. The number of amides is 1. The van der Waals surface area contributed by atoms with Crippen LogP contribution in [-0.2, 0) is 26.0 Å². The summed E-state index contributed by atoms with van der Waals surface area (Å²) in [6.07, 6.45) is 0.486. The van der Waals surface area contributed by atoms with Crippen molar-refractivity contribution in [2.45, 2.75) is 11.3 Å². The SMILES string of the molecule is COCC(=O)N1CCc2c(NS(=O)(=O)c3cc(F)ccc3Cl)cccc21. The van der Waals surface area contributed by atoms with Gasteiger partial charge < -0.3 is 9.64 Å². The van der Waals surface area contributed by atoms with E-state index in [4.69, 9.17) is 16.3 Å². The van der Waals surface area contributed by atoms with Crippen LogP contribution in [-0.4, -0.2) is 34.6 Å². The van der Waals surface area contributed by atoms with E-state index in [0.717, 1.165) is 12.1 Å². The molecule has 138 valence electrons. The topological polar surface area (TPSA) is 75.7 Å². The van der Waals surface area contributed by atoms with Gasteiger partial charge in [0.2, 0.25) is 0 Å². The molecule has 1 aliphatic rings. The monoisotopic (exact) mass is 398 g/mol. The highest BCUT2D eigenvalue weighted by atomic mass is 35.5. The average Bonchev–Trinajstić information content (AvgIpc) is 3.02. The Kier molecular flexibility index (Phi) is 5.17. The van der Waals surface area contributed by atoms with Crippen molar-refractivity contribution >= 4 is 38.9 Å². The van der Waals surface area contributed by atoms with Crippen LogP contribution in [0.2, 0.25) is 5.02 Å². The second-order valence-corrected chi connectivity index (χ2v) is 7.77. The maximum Gasteiger partial charge on any atom is 0.263 e. The fourth-order valence-corrected chi connectivity index (χ4v) is 4.48. The zero-order valence-corrected chi connectivity index (χ0v) is 15.4. The molecule has 2 aromatic rings. The van der Waals surface area contributed by atoms with E-state index in [1.54, 1.807) is 23.1 Å². The summed E-state index contributed by atoms with van der Waals surface area (Å²) in [5, 5.41) is -0.0802. The first-order valence-corrected chi connectivity index (χ1v) is 9.58. The number of nitrogens with one attached hydrogen (secondary N) is 1. The van der Waals surface area contributed by atoms with Gasteiger partial charge in [0, 0.05) is 24.9 Å². The average molecular weight is 399 g/mol. The Morgan fingerprint density at radius 3 is 2.85 bits per heavy atom. The Hall–Kier alpha value is -2.16. The number of sulfonamides is 1. The zero-order chi connectivity index (χ0) is 18.9. The Morgan fingerprint density at radius 1 is 1.35 bits per heavy atom. The summed E-state index contributed by atoms with van der Waals surface area (Å²) in [6, 6.07) is 8.11. The predicted molar refractivity (Wildman–Crippen MR) is 96.6 cm³/mol. The molecule has 0 spiro atoms. The van der Waals surface area contributed by atoms with Crippen molar-refractivity contribution in [1.82, 2.24) is 0 Å². The van der Waals surface area contributed by atoms with E-state index in [0.29, 0.717) is 29.9 Å². The van der Waals surface area contributed by atoms with Crippen molar-refractivity contribution in [3.8, 4) is 0 Å². The molecule has 2 aromatic carbocycles. The van der Waals surface area contributed by atoms with Crippen LogP contribution < -0.4 is 9.62 Å². The van der Waals surface area contributed by atoms with Gasteiger partial charge in [0.05, 0.1) is 10.7 Å². The van der Waals surface area contributed by atoms with Crippen molar-refractivity contribution < 1.29 is 22.3 Å². The normalized spacial score (nSPS) is 13.6. The van der Waals surface area contributed by atoms with Crippen LogP contribution in [0.15, 0.2) is 41.3 Å². The maximum atomic E-state index is 13.4. The second kappa shape index (κ2) is 7.22. The molecule has 0 saturated carbocycles. The van der Waals surface area contributed by atoms with Crippen molar-refractivity contribution in [2.75, 3.05) is 29.9 Å². The molecular formula is C17H16ClFN2O4S. The van der Waals surface area contributed by atoms with Gasteiger partial charge in [0.25, 0.3) is 15.9 Å². The third-order valence-corrected chi connectivity index (χ3v) is 5.87. The fourth-order valence-electron chi connectivity index (χ4n) is 2.87. The lowest BCUT2D eigenvalue weighted by Crippen LogP contribution is -2.31. The minimum Gasteiger partial charge on any atom is -0.375 e. The third-order valence-electron chi connectivity index (χ3n) is 4.02. The highest BCUT2D eigenvalue weighted by molar-refractivity contribution is 7.92. The van der Waals surface area contributed by atoms with Crippen LogP contribution in [0.4, 0.5) is 15.8 Å². The van der Waals surface area contributed by atoms with Crippen LogP contribution in [0.1, 0.15) is 5.56 Å². The van der Waals surface area contributed by atoms with Gasteiger partial charge in [0.1, 0.15) is 17.3 Å². The number of ether oxygens (including phenoxy) is 1. The first-order valence-electron chi connectivity index (χ1n) is 7.72. The highest BCUT2D eigenvalue weighted by Crippen LogP contribution is 2.35. The number of hydrogen-bond donors (Lipinski definition) is 1. The van der Waals surface area contributed by atoms with Gasteiger partial charge in [-0.25, -0.2) is 12.8 Å². The number of carbonyl (C=O) groups is 1. The Bertz CT molecular complexity index is 965. The summed E-state index contributed by atoms with van der Waals surface area (Å²) < 4.78 is 46.0. The summed E-state index contributed by atoms with van der Waals surface area (Å²) in [7, 11) is -2.65. The van der Waals surface area contributed by atoms with Gasteiger partial charge in [-0.3, -0.25) is 9.52 Å². The first-order chi connectivity index (χ1) is 12.3. The fraction of sp³-hybridized carbons (Fsp3) is 0.235. The number of carbonyl (C=O) groups excluding carboxylic acids is 1. The molecule has 1 N–H and O–H groups in total. The van der Waals surface area contributed by atoms with E-state index in [-0.39, 0.29) is 22.4 Å². The summed E-state index contributed by atoms with van der Waals surface area (Å²) in [4.78, 5) is 13.3. The van der Waals surface area contributed by atoms with Crippen molar-refractivity contribution in [2.24, 2.45) is 0 Å². The third kappa shape index (κ3) is 3.53. The number of halogens is 2. The zero-order valence-electron chi connectivity index (χ0n) is 13.8. The number of benzene rings is 2. The summed E-state index contributed by atoms with van der Waals surface area (Å²) in [5.41, 5.74) is 1.64. The number of nitrogens with zero attached hydrogens (tertiary/aromatic N) is 1. The molecule has 9 heteroatoms. The minimum absolute atomic E-state index is 0.0612.